The number of rotatable bonds is 6. The van der Waals surface area contributed by atoms with Crippen molar-refractivity contribution >= 4 is 34.2 Å². The van der Waals surface area contributed by atoms with Gasteiger partial charge in [0, 0.05) is 48.4 Å². The topological polar surface area (TPSA) is 123 Å². The van der Waals surface area contributed by atoms with Gasteiger partial charge in [0.2, 0.25) is 11.8 Å². The largest absolute Gasteiger partial charge is 0.383 e. The first-order valence-corrected chi connectivity index (χ1v) is 10.0. The molecule has 3 aromatic heterocycles. The minimum atomic E-state index is -0.152. The zero-order chi connectivity index (χ0) is 21.3. The standard InChI is InChI=1S/C22H24N6O2/c1-3-25-20(29)9-13-6-15(13)22(30)28-19-8-14-7-18(16-10-24-5-4-12(16)2)27-21(23)17(14)11-26-19/h4-5,7-8,10-11,13,15H,3,6,9H2,1-2H3,(H2,23,27)(H,25,29)(H,26,28,30). The third-order valence-electron chi connectivity index (χ3n) is 5.39. The molecule has 1 fully saturated rings. The number of carbonyl (C=O) groups is 2. The number of nitrogens with two attached hydrogens (primary N) is 1. The molecule has 2 amide bonds. The first kappa shape index (κ1) is 19.8. The first-order valence-electron chi connectivity index (χ1n) is 10.0. The molecule has 2 atom stereocenters. The Morgan fingerprint density at radius 1 is 1.27 bits per heavy atom. The number of pyridine rings is 3. The zero-order valence-electron chi connectivity index (χ0n) is 17.0. The summed E-state index contributed by atoms with van der Waals surface area (Å²) in [6.07, 6.45) is 6.21. The van der Waals surface area contributed by atoms with E-state index in [1.54, 1.807) is 24.7 Å². The summed E-state index contributed by atoms with van der Waals surface area (Å²) in [7, 11) is 0. The van der Waals surface area contributed by atoms with Crippen LogP contribution in [0.15, 0.2) is 36.8 Å². The lowest BCUT2D eigenvalue weighted by molar-refractivity contribution is -0.121. The molecule has 1 saturated carbocycles. The molecule has 154 valence electrons. The van der Waals surface area contributed by atoms with Crippen molar-refractivity contribution in [3.63, 3.8) is 0 Å². The van der Waals surface area contributed by atoms with E-state index in [0.717, 1.165) is 34.0 Å². The predicted molar refractivity (Wildman–Crippen MR) is 115 cm³/mol. The lowest BCUT2D eigenvalue weighted by Gasteiger charge is -2.10. The normalized spacial score (nSPS) is 17.5. The van der Waals surface area contributed by atoms with Crippen LogP contribution < -0.4 is 16.4 Å². The summed E-state index contributed by atoms with van der Waals surface area (Å²) in [5.74, 6) is 0.651. The SMILES string of the molecule is CCNC(=O)CC1CC1C(=O)Nc1cc2cc(-c3cnccc3C)nc(N)c2cn1. The zero-order valence-corrected chi connectivity index (χ0v) is 17.0. The third-order valence-corrected chi connectivity index (χ3v) is 5.39. The number of hydrogen-bond acceptors (Lipinski definition) is 6. The molecule has 0 bridgehead atoms. The number of amides is 2. The summed E-state index contributed by atoms with van der Waals surface area (Å²) >= 11 is 0. The molecular weight excluding hydrogens is 380 g/mol. The van der Waals surface area contributed by atoms with Crippen molar-refractivity contribution < 1.29 is 9.59 Å². The van der Waals surface area contributed by atoms with Crippen molar-refractivity contribution in [2.24, 2.45) is 11.8 Å². The highest BCUT2D eigenvalue weighted by atomic mass is 16.2. The van der Waals surface area contributed by atoms with Gasteiger partial charge in [-0.2, -0.15) is 0 Å². The Balaban J connectivity index is 1.53. The van der Waals surface area contributed by atoms with Gasteiger partial charge >= 0.3 is 0 Å². The molecule has 3 heterocycles. The third kappa shape index (κ3) is 4.07. The van der Waals surface area contributed by atoms with E-state index in [0.29, 0.717) is 24.6 Å². The van der Waals surface area contributed by atoms with Gasteiger partial charge in [-0.25, -0.2) is 9.97 Å². The Morgan fingerprint density at radius 2 is 2.10 bits per heavy atom. The number of anilines is 2. The van der Waals surface area contributed by atoms with Crippen molar-refractivity contribution in [3.8, 4) is 11.3 Å². The van der Waals surface area contributed by atoms with Crippen LogP contribution in [0.25, 0.3) is 22.0 Å². The van der Waals surface area contributed by atoms with Crippen LogP contribution in [0, 0.1) is 18.8 Å². The number of carbonyl (C=O) groups excluding carboxylic acids is 2. The van der Waals surface area contributed by atoms with Crippen molar-refractivity contribution in [2.45, 2.75) is 26.7 Å². The maximum atomic E-state index is 12.5. The fraction of sp³-hybridized carbons (Fsp3) is 0.318. The number of aryl methyl sites for hydroxylation is 1. The molecule has 4 N–H and O–H groups in total. The Kier molecular flexibility index (Phi) is 5.31. The van der Waals surface area contributed by atoms with Gasteiger partial charge in [-0.3, -0.25) is 14.6 Å². The molecule has 8 heteroatoms. The molecule has 30 heavy (non-hydrogen) atoms. The lowest BCUT2D eigenvalue weighted by Crippen LogP contribution is -2.24. The highest BCUT2D eigenvalue weighted by Crippen LogP contribution is 2.42. The second kappa shape index (κ2) is 8.06. The Labute approximate surface area is 174 Å². The van der Waals surface area contributed by atoms with Crippen LogP contribution in [-0.4, -0.2) is 33.3 Å². The fourth-order valence-electron chi connectivity index (χ4n) is 3.63. The quantitative estimate of drug-likeness (QED) is 0.580. The van der Waals surface area contributed by atoms with Gasteiger partial charge in [-0.05, 0) is 55.3 Å². The smallest absolute Gasteiger partial charge is 0.228 e. The minimum Gasteiger partial charge on any atom is -0.383 e. The molecule has 0 radical (unpaired) electrons. The average molecular weight is 404 g/mol. The summed E-state index contributed by atoms with van der Waals surface area (Å²) in [5.41, 5.74) is 8.82. The van der Waals surface area contributed by atoms with Crippen molar-refractivity contribution in [3.05, 3.63) is 42.4 Å². The average Bonchev–Trinajstić information content (AvgIpc) is 3.47. The van der Waals surface area contributed by atoms with E-state index >= 15 is 0 Å². The Hall–Kier alpha value is -3.55. The van der Waals surface area contributed by atoms with E-state index in [2.05, 4.69) is 25.6 Å². The lowest BCUT2D eigenvalue weighted by atomic mass is 10.1. The fourth-order valence-corrected chi connectivity index (χ4v) is 3.63. The van der Waals surface area contributed by atoms with Crippen LogP contribution in [-0.2, 0) is 9.59 Å². The number of fused-ring (bicyclic) bond motifs is 1. The van der Waals surface area contributed by atoms with E-state index in [4.69, 9.17) is 5.73 Å². The van der Waals surface area contributed by atoms with Crippen molar-refractivity contribution in [2.75, 3.05) is 17.6 Å². The van der Waals surface area contributed by atoms with Crippen LogP contribution in [0.3, 0.4) is 0 Å². The molecule has 1 aliphatic rings. The van der Waals surface area contributed by atoms with Crippen LogP contribution in [0.5, 0.6) is 0 Å². The summed E-state index contributed by atoms with van der Waals surface area (Å²) in [5, 5.41) is 7.19. The molecule has 8 nitrogen and oxygen atoms in total. The first-order chi connectivity index (χ1) is 14.5. The van der Waals surface area contributed by atoms with Gasteiger partial charge in [0.1, 0.15) is 11.6 Å². The number of nitrogens with zero attached hydrogens (tertiary/aromatic N) is 3. The van der Waals surface area contributed by atoms with E-state index in [1.807, 2.05) is 26.0 Å². The molecule has 2 unspecified atom stereocenters. The molecule has 0 spiro atoms. The summed E-state index contributed by atoms with van der Waals surface area (Å²) < 4.78 is 0. The van der Waals surface area contributed by atoms with Gasteiger partial charge in [-0.1, -0.05) is 0 Å². The molecule has 4 rings (SSSR count). The molecule has 1 aliphatic carbocycles. The number of nitrogen functional groups attached to an aromatic ring is 1. The second-order valence-corrected chi connectivity index (χ2v) is 7.62. The highest BCUT2D eigenvalue weighted by molar-refractivity contribution is 5.98. The molecular formula is C22H24N6O2. The second-order valence-electron chi connectivity index (χ2n) is 7.62. The summed E-state index contributed by atoms with van der Waals surface area (Å²) in [6, 6.07) is 5.63. The Bertz CT molecular complexity index is 1130. The highest BCUT2D eigenvalue weighted by Gasteiger charge is 2.43. The minimum absolute atomic E-state index is 0.0113. The van der Waals surface area contributed by atoms with Crippen molar-refractivity contribution in [1.82, 2.24) is 20.3 Å². The van der Waals surface area contributed by atoms with E-state index in [1.165, 1.54) is 0 Å². The summed E-state index contributed by atoms with van der Waals surface area (Å²) in [6.45, 7) is 4.47. The van der Waals surface area contributed by atoms with Gasteiger partial charge < -0.3 is 16.4 Å². The van der Waals surface area contributed by atoms with Crippen LogP contribution in [0.4, 0.5) is 11.6 Å². The maximum Gasteiger partial charge on any atom is 0.228 e. The van der Waals surface area contributed by atoms with E-state index in [-0.39, 0.29) is 23.7 Å². The van der Waals surface area contributed by atoms with Gasteiger partial charge in [0.05, 0.1) is 5.69 Å². The molecule has 0 aromatic carbocycles. The number of aromatic nitrogens is 3. The predicted octanol–water partition coefficient (Wildman–Crippen LogP) is 2.68. The molecule has 3 aromatic rings. The molecule has 0 saturated heterocycles. The van der Waals surface area contributed by atoms with Gasteiger partial charge in [0.15, 0.2) is 0 Å². The monoisotopic (exact) mass is 404 g/mol. The van der Waals surface area contributed by atoms with Crippen LogP contribution in [0.2, 0.25) is 0 Å². The van der Waals surface area contributed by atoms with E-state index in [9.17, 15) is 9.59 Å². The number of hydrogen-bond donors (Lipinski definition) is 3. The van der Waals surface area contributed by atoms with Crippen molar-refractivity contribution in [1.29, 1.82) is 0 Å². The number of nitrogens with one attached hydrogen (secondary N) is 2. The van der Waals surface area contributed by atoms with Gasteiger partial charge in [0.25, 0.3) is 0 Å². The molecule has 0 aliphatic heterocycles. The Morgan fingerprint density at radius 3 is 2.87 bits per heavy atom. The van der Waals surface area contributed by atoms with Gasteiger partial charge in [-0.15, -0.1) is 0 Å². The van der Waals surface area contributed by atoms with Crippen LogP contribution >= 0.6 is 0 Å². The van der Waals surface area contributed by atoms with Crippen LogP contribution in [0.1, 0.15) is 25.3 Å². The van der Waals surface area contributed by atoms with E-state index < -0.39 is 0 Å². The maximum absolute atomic E-state index is 12.5. The summed E-state index contributed by atoms with van der Waals surface area (Å²) in [4.78, 5) is 37.2.